The number of esters is 1. The molecule has 3 aromatic carbocycles. The lowest BCUT2D eigenvalue weighted by Gasteiger charge is -2.24. The van der Waals surface area contributed by atoms with Crippen LogP contribution in [0.3, 0.4) is 0 Å². The van der Waals surface area contributed by atoms with Crippen molar-refractivity contribution < 1.29 is 38.8 Å². The number of hydrogen-bond donors (Lipinski definition) is 2. The molecule has 4 aromatic rings. The standard InChI is InChI=1S/C33H29BrN2O8S/c1-5-43-32(41)30-18(3)35-33(45-30)36-26(21-14-23(34)28(38)24(15-21)42-4)25(29(39)31(36)40)27(37)20-9-11-22(12-10-20)44-16-19-8-6-7-17(2)13-19/h6-15,26,37-38H,5,16H2,1-4H3/b27-25+. The van der Waals surface area contributed by atoms with Crippen molar-refractivity contribution in [2.75, 3.05) is 18.6 Å². The minimum absolute atomic E-state index is 0.0600. The van der Waals surface area contributed by atoms with Crippen LogP contribution in [-0.2, 0) is 20.9 Å². The first-order valence-electron chi connectivity index (χ1n) is 13.8. The van der Waals surface area contributed by atoms with E-state index >= 15 is 0 Å². The number of carbonyl (C=O) groups is 3. The van der Waals surface area contributed by atoms with Crippen molar-refractivity contribution in [1.29, 1.82) is 0 Å². The molecule has 1 aliphatic rings. The van der Waals surface area contributed by atoms with E-state index in [-0.39, 0.29) is 43.7 Å². The normalized spacial score (nSPS) is 15.8. The Labute approximate surface area is 271 Å². The van der Waals surface area contributed by atoms with Crippen LogP contribution in [-0.4, -0.2) is 46.6 Å². The number of ether oxygens (including phenoxy) is 3. The number of aliphatic hydroxyl groups excluding tert-OH is 1. The Hall–Kier alpha value is -4.68. The summed E-state index contributed by atoms with van der Waals surface area (Å²) in [5, 5.41) is 22.1. The molecule has 1 fully saturated rings. The molecule has 1 unspecified atom stereocenters. The first kappa shape index (κ1) is 31.7. The van der Waals surface area contributed by atoms with Gasteiger partial charge in [0.2, 0.25) is 0 Å². The lowest BCUT2D eigenvalue weighted by molar-refractivity contribution is -0.132. The molecule has 0 radical (unpaired) electrons. The number of nitrogens with zero attached hydrogens (tertiary/aromatic N) is 2. The van der Waals surface area contributed by atoms with Crippen molar-refractivity contribution >= 4 is 55.8 Å². The fraction of sp³-hybridized carbons (Fsp3) is 0.212. The van der Waals surface area contributed by atoms with Crippen LogP contribution < -0.4 is 14.4 Å². The zero-order valence-corrected chi connectivity index (χ0v) is 27.2. The summed E-state index contributed by atoms with van der Waals surface area (Å²) in [6, 6.07) is 16.2. The van der Waals surface area contributed by atoms with Crippen LogP contribution >= 0.6 is 27.3 Å². The Morgan fingerprint density at radius 3 is 2.49 bits per heavy atom. The topological polar surface area (TPSA) is 135 Å². The zero-order chi connectivity index (χ0) is 32.4. The second-order valence-electron chi connectivity index (χ2n) is 10.2. The summed E-state index contributed by atoms with van der Waals surface area (Å²) in [6.07, 6.45) is 0. The summed E-state index contributed by atoms with van der Waals surface area (Å²) < 4.78 is 16.6. The van der Waals surface area contributed by atoms with Gasteiger partial charge < -0.3 is 24.4 Å². The monoisotopic (exact) mass is 692 g/mol. The number of thiazole rings is 1. The number of benzene rings is 3. The highest BCUT2D eigenvalue weighted by Crippen LogP contribution is 2.47. The molecule has 0 spiro atoms. The van der Waals surface area contributed by atoms with E-state index in [4.69, 9.17) is 14.2 Å². The van der Waals surface area contributed by atoms with Crippen LogP contribution in [0.25, 0.3) is 5.76 Å². The number of aryl methyl sites for hydroxylation is 2. The predicted octanol–water partition coefficient (Wildman–Crippen LogP) is 6.62. The summed E-state index contributed by atoms with van der Waals surface area (Å²) in [6.45, 7) is 5.76. The summed E-state index contributed by atoms with van der Waals surface area (Å²) in [7, 11) is 1.36. The third kappa shape index (κ3) is 6.29. The lowest BCUT2D eigenvalue weighted by atomic mass is 9.95. The molecule has 1 aromatic heterocycles. The van der Waals surface area contributed by atoms with E-state index in [0.29, 0.717) is 23.6 Å². The maximum Gasteiger partial charge on any atom is 0.350 e. The van der Waals surface area contributed by atoms with Gasteiger partial charge in [0.1, 0.15) is 23.0 Å². The molecule has 1 atom stereocenters. The number of halogens is 1. The molecular formula is C33H29BrN2O8S. The second-order valence-corrected chi connectivity index (χ2v) is 12.0. The van der Waals surface area contributed by atoms with Gasteiger partial charge in [0.25, 0.3) is 5.78 Å². The number of aromatic nitrogens is 1. The quantitative estimate of drug-likeness (QED) is 0.0859. The van der Waals surface area contributed by atoms with E-state index in [1.54, 1.807) is 38.1 Å². The van der Waals surface area contributed by atoms with Crippen molar-refractivity contribution in [2.24, 2.45) is 0 Å². The van der Waals surface area contributed by atoms with Gasteiger partial charge >= 0.3 is 11.9 Å². The van der Waals surface area contributed by atoms with Gasteiger partial charge in [0.05, 0.1) is 35.5 Å². The average molecular weight is 694 g/mol. The van der Waals surface area contributed by atoms with Crippen LogP contribution in [0.5, 0.6) is 17.2 Å². The van der Waals surface area contributed by atoms with Crippen molar-refractivity contribution in [3.8, 4) is 17.2 Å². The highest BCUT2D eigenvalue weighted by atomic mass is 79.9. The Morgan fingerprint density at radius 2 is 1.82 bits per heavy atom. The van der Waals surface area contributed by atoms with Crippen LogP contribution in [0.2, 0.25) is 0 Å². The van der Waals surface area contributed by atoms with Crippen LogP contribution in [0.15, 0.2) is 70.7 Å². The molecule has 5 rings (SSSR count). The van der Waals surface area contributed by atoms with Gasteiger partial charge in [-0.3, -0.25) is 14.5 Å². The van der Waals surface area contributed by atoms with E-state index in [2.05, 4.69) is 20.9 Å². The molecule has 2 N–H and O–H groups in total. The third-order valence-corrected chi connectivity index (χ3v) is 8.84. The number of aliphatic hydroxyl groups is 1. The van der Waals surface area contributed by atoms with E-state index in [1.165, 1.54) is 19.2 Å². The van der Waals surface area contributed by atoms with Crippen LogP contribution in [0, 0.1) is 13.8 Å². The SMILES string of the molecule is CCOC(=O)c1sc(N2C(=O)C(=O)/C(=C(/O)c3ccc(OCc4cccc(C)c4)cc3)C2c2cc(Br)c(O)c(OC)c2)nc1C. The molecule has 12 heteroatoms. The fourth-order valence-electron chi connectivity index (χ4n) is 4.96. The highest BCUT2D eigenvalue weighted by molar-refractivity contribution is 9.10. The lowest BCUT2D eigenvalue weighted by Crippen LogP contribution is -2.29. The number of rotatable bonds is 9. The number of phenols is 1. The Morgan fingerprint density at radius 1 is 1.09 bits per heavy atom. The maximum atomic E-state index is 13.6. The molecule has 45 heavy (non-hydrogen) atoms. The molecule has 232 valence electrons. The second kappa shape index (κ2) is 13.1. The largest absolute Gasteiger partial charge is 0.507 e. The number of ketones is 1. The molecule has 10 nitrogen and oxygen atoms in total. The number of anilines is 1. The highest BCUT2D eigenvalue weighted by Gasteiger charge is 2.49. The zero-order valence-electron chi connectivity index (χ0n) is 24.8. The van der Waals surface area contributed by atoms with Crippen LogP contribution in [0.1, 0.15) is 50.6 Å². The number of methoxy groups -OCH3 is 1. The van der Waals surface area contributed by atoms with Gasteiger partial charge in [-0.15, -0.1) is 0 Å². The van der Waals surface area contributed by atoms with Crippen molar-refractivity contribution in [3.05, 3.63) is 104 Å². The van der Waals surface area contributed by atoms with Crippen molar-refractivity contribution in [3.63, 3.8) is 0 Å². The number of carbonyl (C=O) groups excluding carboxylic acids is 3. The van der Waals surface area contributed by atoms with E-state index in [1.807, 2.05) is 31.2 Å². The van der Waals surface area contributed by atoms with Gasteiger partial charge in [-0.2, -0.15) is 0 Å². The molecule has 1 amide bonds. The number of hydrogen-bond acceptors (Lipinski definition) is 10. The minimum Gasteiger partial charge on any atom is -0.507 e. The number of aromatic hydroxyl groups is 1. The molecule has 1 aliphatic heterocycles. The Bertz CT molecular complexity index is 1830. The molecule has 2 heterocycles. The van der Waals surface area contributed by atoms with Gasteiger partial charge in [-0.25, -0.2) is 9.78 Å². The Kier molecular flexibility index (Phi) is 9.26. The first-order valence-corrected chi connectivity index (χ1v) is 15.5. The first-order chi connectivity index (χ1) is 21.5. The summed E-state index contributed by atoms with van der Waals surface area (Å²) in [5.74, 6) is -2.50. The van der Waals surface area contributed by atoms with Gasteiger partial charge in [-0.05, 0) is 84.2 Å². The number of amides is 1. The fourth-order valence-corrected chi connectivity index (χ4v) is 6.40. The Balaban J connectivity index is 1.58. The molecular weight excluding hydrogens is 664 g/mol. The van der Waals surface area contributed by atoms with Crippen LogP contribution in [0.4, 0.5) is 5.13 Å². The van der Waals surface area contributed by atoms with Gasteiger partial charge in [0, 0.05) is 5.56 Å². The molecule has 0 saturated carbocycles. The number of phenolic OH excluding ortho intramolecular Hbond substituents is 1. The van der Waals surface area contributed by atoms with Crippen molar-refractivity contribution in [2.45, 2.75) is 33.4 Å². The van der Waals surface area contributed by atoms with Gasteiger partial charge in [-0.1, -0.05) is 41.2 Å². The predicted molar refractivity (Wildman–Crippen MR) is 172 cm³/mol. The maximum absolute atomic E-state index is 13.6. The van der Waals surface area contributed by atoms with E-state index < -0.39 is 29.5 Å². The molecule has 0 bridgehead atoms. The number of Topliss-reactive ketones (excluding diaryl/α,β-unsaturated/α-hetero) is 1. The average Bonchev–Trinajstić information content (AvgIpc) is 3.53. The van der Waals surface area contributed by atoms with Gasteiger partial charge in [0.15, 0.2) is 16.6 Å². The molecule has 1 saturated heterocycles. The van der Waals surface area contributed by atoms with E-state index in [0.717, 1.165) is 27.4 Å². The minimum atomic E-state index is -1.19. The summed E-state index contributed by atoms with van der Waals surface area (Å²) in [4.78, 5) is 45.5. The van der Waals surface area contributed by atoms with E-state index in [9.17, 15) is 24.6 Å². The van der Waals surface area contributed by atoms with Crippen molar-refractivity contribution in [1.82, 2.24) is 4.98 Å². The smallest absolute Gasteiger partial charge is 0.350 e. The molecule has 0 aliphatic carbocycles. The summed E-state index contributed by atoms with van der Waals surface area (Å²) >= 11 is 4.20. The third-order valence-electron chi connectivity index (χ3n) is 7.10. The summed E-state index contributed by atoms with van der Waals surface area (Å²) in [5.41, 5.74) is 2.83.